The molecule has 4 rings (SSSR count). The third-order valence-electron chi connectivity index (χ3n) is 3.29. The van der Waals surface area contributed by atoms with E-state index in [1.165, 1.54) is 17.2 Å². The van der Waals surface area contributed by atoms with Crippen molar-refractivity contribution in [1.82, 2.24) is 4.98 Å². The zero-order chi connectivity index (χ0) is 15.0. The van der Waals surface area contributed by atoms with E-state index in [1.807, 2.05) is 12.1 Å². The summed E-state index contributed by atoms with van der Waals surface area (Å²) in [4.78, 5) is 3.94. The maximum atomic E-state index is 12.3. The van der Waals surface area contributed by atoms with Gasteiger partial charge in [-0.25, -0.2) is 0 Å². The first-order chi connectivity index (χ1) is 9.95. The lowest BCUT2D eigenvalue weighted by atomic mass is 9.91. The zero-order valence-corrected chi connectivity index (χ0v) is 10.9. The molecule has 0 spiro atoms. The smallest absolute Gasteiger partial charge is 0.398 e. The maximum Gasteiger partial charge on any atom is 0.416 e. The summed E-state index contributed by atoms with van der Waals surface area (Å²) in [6.45, 7) is 0. The van der Waals surface area contributed by atoms with Crippen LogP contribution in [0.15, 0.2) is 54.7 Å². The van der Waals surface area contributed by atoms with Crippen molar-refractivity contribution in [2.24, 2.45) is 0 Å². The van der Waals surface area contributed by atoms with E-state index in [1.54, 1.807) is 18.3 Å². The van der Waals surface area contributed by atoms with Crippen LogP contribution < -0.4 is 5.73 Å². The predicted molar refractivity (Wildman–Crippen MR) is 76.6 cm³/mol. The Balaban J connectivity index is 0.000000156. The van der Waals surface area contributed by atoms with Crippen molar-refractivity contribution in [3.63, 3.8) is 0 Å². The largest absolute Gasteiger partial charge is 0.416 e. The van der Waals surface area contributed by atoms with Gasteiger partial charge >= 0.3 is 6.18 Å². The molecule has 2 aromatic rings. The highest BCUT2D eigenvalue weighted by Crippen LogP contribution is 2.38. The van der Waals surface area contributed by atoms with Gasteiger partial charge in [-0.15, -0.1) is 0 Å². The maximum absolute atomic E-state index is 12.3. The van der Waals surface area contributed by atoms with Crippen LogP contribution in [0.2, 0.25) is 0 Å². The number of anilines is 1. The Bertz CT molecular complexity index is 810. The first kappa shape index (κ1) is 13.4. The molecule has 0 amide bonds. The normalized spacial score (nSPS) is 11.8. The molecule has 1 heterocycles. The van der Waals surface area contributed by atoms with E-state index >= 15 is 0 Å². The number of hydrogen-bond acceptors (Lipinski definition) is 2. The standard InChI is InChI=1S/C10H6F3N.C6H5N/c11-10(12,13)8-3-4-9-7(6-8)2-1-5-14-9;7-6-3-4-1-2-5(4)6/h1-6H;1-3H,7H2. The number of aromatic nitrogens is 1. The average Bonchev–Trinajstić information content (AvgIpc) is 2.43. The molecule has 1 aromatic heterocycles. The van der Waals surface area contributed by atoms with Crippen molar-refractivity contribution in [2.75, 3.05) is 5.73 Å². The molecule has 0 saturated carbocycles. The first-order valence-corrected chi connectivity index (χ1v) is 6.27. The Morgan fingerprint density at radius 3 is 2.24 bits per heavy atom. The number of alkyl halides is 3. The van der Waals surface area contributed by atoms with Crippen LogP contribution in [0.3, 0.4) is 0 Å². The van der Waals surface area contributed by atoms with Gasteiger partial charge < -0.3 is 5.73 Å². The minimum atomic E-state index is -4.29. The monoisotopic (exact) mass is 288 g/mol. The lowest BCUT2D eigenvalue weighted by Crippen LogP contribution is -2.04. The van der Waals surface area contributed by atoms with Crippen LogP contribution in [-0.4, -0.2) is 4.98 Å². The molecule has 0 atom stereocenters. The Kier molecular flexibility index (Phi) is 3.05. The van der Waals surface area contributed by atoms with Gasteiger partial charge in [-0.1, -0.05) is 18.2 Å². The molecule has 0 bridgehead atoms. The molecule has 0 radical (unpaired) electrons. The van der Waals surface area contributed by atoms with Crippen LogP contribution in [0.5, 0.6) is 0 Å². The molecule has 106 valence electrons. The molecule has 2 N–H and O–H groups in total. The second-order valence-corrected chi connectivity index (χ2v) is 4.71. The van der Waals surface area contributed by atoms with Gasteiger partial charge in [0, 0.05) is 22.8 Å². The second kappa shape index (κ2) is 4.77. The third kappa shape index (κ3) is 2.54. The Labute approximate surface area is 119 Å². The van der Waals surface area contributed by atoms with E-state index in [9.17, 15) is 13.2 Å². The summed E-state index contributed by atoms with van der Waals surface area (Å²) in [6, 6.07) is 12.8. The fraction of sp³-hybridized carbons (Fsp3) is 0.0625. The van der Waals surface area contributed by atoms with Crippen LogP contribution >= 0.6 is 0 Å². The van der Waals surface area contributed by atoms with E-state index in [0.717, 1.165) is 17.8 Å². The summed E-state index contributed by atoms with van der Waals surface area (Å²) in [5.74, 6) is 0. The number of halogens is 3. The highest BCUT2D eigenvalue weighted by molar-refractivity contribution is 5.90. The number of pyridine rings is 1. The van der Waals surface area contributed by atoms with Crippen molar-refractivity contribution in [1.29, 1.82) is 0 Å². The van der Waals surface area contributed by atoms with E-state index in [-0.39, 0.29) is 0 Å². The number of nitrogen functional groups attached to an aromatic ring is 1. The number of benzene rings is 2. The minimum Gasteiger partial charge on any atom is -0.398 e. The number of nitrogens with zero attached hydrogens (tertiary/aromatic N) is 1. The van der Waals surface area contributed by atoms with Crippen molar-refractivity contribution >= 4 is 16.6 Å². The molecule has 0 unspecified atom stereocenters. The van der Waals surface area contributed by atoms with E-state index in [2.05, 4.69) is 11.1 Å². The van der Waals surface area contributed by atoms with Gasteiger partial charge in [-0.3, -0.25) is 4.98 Å². The number of nitrogens with two attached hydrogens (primary N) is 1. The van der Waals surface area contributed by atoms with E-state index < -0.39 is 11.7 Å². The molecule has 0 saturated heterocycles. The quantitative estimate of drug-likeness (QED) is 0.484. The van der Waals surface area contributed by atoms with Gasteiger partial charge in [0.1, 0.15) is 0 Å². The summed E-state index contributed by atoms with van der Waals surface area (Å²) in [5.41, 5.74) is 8.85. The number of hydrogen-bond donors (Lipinski definition) is 1. The van der Waals surface area contributed by atoms with Crippen LogP contribution in [0.1, 0.15) is 5.56 Å². The third-order valence-corrected chi connectivity index (χ3v) is 3.29. The molecule has 2 nitrogen and oxygen atoms in total. The molecule has 0 fully saturated rings. The molecule has 1 aromatic carbocycles. The second-order valence-electron chi connectivity index (χ2n) is 4.71. The summed E-state index contributed by atoms with van der Waals surface area (Å²) >= 11 is 0. The lowest BCUT2D eigenvalue weighted by Gasteiger charge is -2.16. The van der Waals surface area contributed by atoms with Gasteiger partial charge in [-0.2, -0.15) is 13.2 Å². The van der Waals surface area contributed by atoms with Gasteiger partial charge in [0.15, 0.2) is 0 Å². The van der Waals surface area contributed by atoms with Crippen molar-refractivity contribution < 1.29 is 13.2 Å². The highest BCUT2D eigenvalue weighted by Gasteiger charge is 2.30. The molecule has 2 aliphatic carbocycles. The summed E-state index contributed by atoms with van der Waals surface area (Å²) in [7, 11) is 0. The average molecular weight is 288 g/mol. The SMILES string of the molecule is FC(F)(F)c1ccc2ncccc2c1.Nc1cc2ccc1-2. The lowest BCUT2D eigenvalue weighted by molar-refractivity contribution is -0.137. The van der Waals surface area contributed by atoms with E-state index in [4.69, 9.17) is 5.73 Å². The van der Waals surface area contributed by atoms with Crippen molar-refractivity contribution in [3.8, 4) is 11.1 Å². The number of rotatable bonds is 0. The summed E-state index contributed by atoms with van der Waals surface area (Å²) < 4.78 is 36.9. The van der Waals surface area contributed by atoms with Gasteiger partial charge in [0.2, 0.25) is 0 Å². The van der Waals surface area contributed by atoms with Crippen molar-refractivity contribution in [2.45, 2.75) is 6.18 Å². The van der Waals surface area contributed by atoms with E-state index in [0.29, 0.717) is 10.9 Å². The summed E-state index contributed by atoms with van der Waals surface area (Å²) in [6.07, 6.45) is -2.74. The molecular formula is C16H11F3N2. The molecule has 0 aliphatic heterocycles. The topological polar surface area (TPSA) is 38.9 Å². The predicted octanol–water partition coefficient (Wildman–Crippen LogP) is 4.50. The molecule has 21 heavy (non-hydrogen) atoms. The Hall–Kier alpha value is -2.56. The van der Waals surface area contributed by atoms with Crippen LogP contribution in [0.4, 0.5) is 18.9 Å². The first-order valence-electron chi connectivity index (χ1n) is 6.27. The van der Waals surface area contributed by atoms with Gasteiger partial charge in [0.25, 0.3) is 0 Å². The molecular weight excluding hydrogens is 277 g/mol. The highest BCUT2D eigenvalue weighted by atomic mass is 19.4. The minimum absolute atomic E-state index is 0.502. The van der Waals surface area contributed by atoms with Gasteiger partial charge in [-0.05, 0) is 35.9 Å². The van der Waals surface area contributed by atoms with Crippen LogP contribution in [-0.2, 0) is 6.18 Å². The summed E-state index contributed by atoms with van der Waals surface area (Å²) in [5, 5.41) is 0.502. The number of fused-ring (bicyclic) bond motifs is 2. The Morgan fingerprint density at radius 1 is 0.952 bits per heavy atom. The van der Waals surface area contributed by atoms with Crippen LogP contribution in [0.25, 0.3) is 22.0 Å². The fourth-order valence-corrected chi connectivity index (χ4v) is 2.07. The van der Waals surface area contributed by atoms with Crippen molar-refractivity contribution in [3.05, 3.63) is 60.3 Å². The van der Waals surface area contributed by atoms with Gasteiger partial charge in [0.05, 0.1) is 11.1 Å². The fourth-order valence-electron chi connectivity index (χ4n) is 2.07. The zero-order valence-electron chi connectivity index (χ0n) is 10.9. The molecule has 5 heteroatoms. The Morgan fingerprint density at radius 2 is 1.76 bits per heavy atom. The van der Waals surface area contributed by atoms with Crippen LogP contribution in [0, 0.1) is 0 Å². The molecule has 2 aliphatic rings.